The highest BCUT2D eigenvalue weighted by atomic mass is 15.4. The van der Waals surface area contributed by atoms with E-state index in [0.717, 1.165) is 49.3 Å². The molecule has 0 aromatic carbocycles. The summed E-state index contributed by atoms with van der Waals surface area (Å²) in [6.07, 6.45) is 5.20. The van der Waals surface area contributed by atoms with Gasteiger partial charge in [-0.15, -0.1) is 10.2 Å². The van der Waals surface area contributed by atoms with E-state index in [4.69, 9.17) is 0 Å². The van der Waals surface area contributed by atoms with Gasteiger partial charge in [0.1, 0.15) is 12.1 Å². The number of piperazine rings is 1. The molecule has 3 aromatic heterocycles. The van der Waals surface area contributed by atoms with E-state index in [1.165, 1.54) is 0 Å². The van der Waals surface area contributed by atoms with Gasteiger partial charge in [-0.25, -0.2) is 14.6 Å². The highest BCUT2D eigenvalue weighted by Crippen LogP contribution is 2.17. The Hall–Kier alpha value is -3.03. The second kappa shape index (κ2) is 6.23. The Morgan fingerprint density at radius 3 is 2.21 bits per heavy atom. The number of aromatic nitrogens is 6. The lowest BCUT2D eigenvalue weighted by Crippen LogP contribution is -2.47. The first-order chi connectivity index (χ1) is 11.8. The molecule has 1 aliphatic heterocycles. The quantitative estimate of drug-likeness (QED) is 0.714. The average Bonchev–Trinajstić information content (AvgIpc) is 3.17. The van der Waals surface area contributed by atoms with Gasteiger partial charge in [0.05, 0.1) is 0 Å². The second-order valence-corrected chi connectivity index (χ2v) is 5.69. The average molecular weight is 322 g/mol. The van der Waals surface area contributed by atoms with Gasteiger partial charge in [-0.05, 0) is 25.1 Å². The van der Waals surface area contributed by atoms with Crippen molar-refractivity contribution < 1.29 is 0 Å². The molecule has 122 valence electrons. The molecule has 0 saturated carbocycles. The Bertz CT molecular complexity index is 791. The summed E-state index contributed by atoms with van der Waals surface area (Å²) in [4.78, 5) is 13.0. The Labute approximate surface area is 139 Å². The lowest BCUT2D eigenvalue weighted by atomic mass is 10.3. The van der Waals surface area contributed by atoms with Crippen molar-refractivity contribution in [1.29, 1.82) is 0 Å². The van der Waals surface area contributed by atoms with Crippen LogP contribution in [0, 0.1) is 6.92 Å². The molecule has 1 saturated heterocycles. The molecule has 0 bridgehead atoms. The number of rotatable bonds is 3. The van der Waals surface area contributed by atoms with E-state index in [-0.39, 0.29) is 0 Å². The minimum atomic E-state index is 0.721. The minimum Gasteiger partial charge on any atom is -0.353 e. The van der Waals surface area contributed by atoms with Crippen LogP contribution in [0.4, 0.5) is 11.6 Å². The lowest BCUT2D eigenvalue weighted by Gasteiger charge is -2.35. The van der Waals surface area contributed by atoms with Crippen molar-refractivity contribution in [3.63, 3.8) is 0 Å². The van der Waals surface area contributed by atoms with E-state index in [9.17, 15) is 0 Å². The van der Waals surface area contributed by atoms with Crippen LogP contribution in [0.5, 0.6) is 0 Å². The molecule has 1 aliphatic rings. The summed E-state index contributed by atoms with van der Waals surface area (Å²) in [5.74, 6) is 2.60. The Kier molecular flexibility index (Phi) is 3.78. The maximum atomic E-state index is 4.36. The second-order valence-electron chi connectivity index (χ2n) is 5.69. The molecule has 0 unspecified atom stereocenters. The van der Waals surface area contributed by atoms with Crippen LogP contribution in [0.2, 0.25) is 0 Å². The maximum Gasteiger partial charge on any atom is 0.175 e. The fraction of sp³-hybridized carbons (Fsp3) is 0.312. The van der Waals surface area contributed by atoms with E-state index < -0.39 is 0 Å². The largest absolute Gasteiger partial charge is 0.353 e. The fourth-order valence-electron chi connectivity index (χ4n) is 2.79. The highest BCUT2D eigenvalue weighted by molar-refractivity contribution is 5.45. The van der Waals surface area contributed by atoms with Crippen molar-refractivity contribution in [3.05, 3.63) is 48.7 Å². The van der Waals surface area contributed by atoms with Gasteiger partial charge in [-0.2, -0.15) is 5.10 Å². The first-order valence-corrected chi connectivity index (χ1v) is 7.92. The zero-order valence-electron chi connectivity index (χ0n) is 13.4. The predicted octanol–water partition coefficient (Wildman–Crippen LogP) is 1.09. The Morgan fingerprint density at radius 1 is 0.875 bits per heavy atom. The Morgan fingerprint density at radius 2 is 1.58 bits per heavy atom. The molecule has 8 heteroatoms. The van der Waals surface area contributed by atoms with Crippen LogP contribution >= 0.6 is 0 Å². The van der Waals surface area contributed by atoms with Crippen LogP contribution in [0.25, 0.3) is 5.82 Å². The molecule has 4 rings (SSSR count). The predicted molar refractivity (Wildman–Crippen MR) is 90.3 cm³/mol. The van der Waals surface area contributed by atoms with Crippen LogP contribution in [0.3, 0.4) is 0 Å². The number of nitrogens with zero attached hydrogens (tertiary/aromatic N) is 8. The maximum absolute atomic E-state index is 4.36. The minimum absolute atomic E-state index is 0.721. The fourth-order valence-corrected chi connectivity index (χ4v) is 2.79. The van der Waals surface area contributed by atoms with E-state index in [1.54, 1.807) is 17.2 Å². The van der Waals surface area contributed by atoms with Gasteiger partial charge in [0, 0.05) is 50.3 Å². The summed E-state index contributed by atoms with van der Waals surface area (Å²) < 4.78 is 1.70. The first-order valence-electron chi connectivity index (χ1n) is 7.92. The van der Waals surface area contributed by atoms with E-state index in [0.29, 0.717) is 0 Å². The smallest absolute Gasteiger partial charge is 0.175 e. The van der Waals surface area contributed by atoms with E-state index in [1.807, 2.05) is 37.4 Å². The summed E-state index contributed by atoms with van der Waals surface area (Å²) in [6.45, 7) is 5.56. The molecule has 0 atom stereocenters. The molecule has 0 amide bonds. The normalized spacial score (nSPS) is 14.9. The van der Waals surface area contributed by atoms with Gasteiger partial charge in [-0.1, -0.05) is 0 Å². The highest BCUT2D eigenvalue weighted by Gasteiger charge is 2.19. The van der Waals surface area contributed by atoms with Gasteiger partial charge >= 0.3 is 0 Å². The van der Waals surface area contributed by atoms with E-state index in [2.05, 4.69) is 35.1 Å². The number of hydrogen-bond donors (Lipinski definition) is 0. The molecule has 3 aromatic rings. The standard InChI is InChI=1S/C16H18N8/c1-13-11-16(18-12-17-13)23-9-7-22(8-10-23)14-3-4-15(21-20-14)24-6-2-5-19-24/h2-6,11-12H,7-10H2,1H3. The van der Waals surface area contributed by atoms with Crippen LogP contribution < -0.4 is 9.80 Å². The van der Waals surface area contributed by atoms with Crippen molar-refractivity contribution in [2.75, 3.05) is 36.0 Å². The third kappa shape index (κ3) is 2.90. The lowest BCUT2D eigenvalue weighted by molar-refractivity contribution is 0.636. The molecule has 1 fully saturated rings. The summed E-state index contributed by atoms with van der Waals surface area (Å²) in [7, 11) is 0. The molecule has 8 nitrogen and oxygen atoms in total. The van der Waals surface area contributed by atoms with Gasteiger partial charge in [0.15, 0.2) is 11.6 Å². The Balaban J connectivity index is 1.42. The topological polar surface area (TPSA) is 75.9 Å². The molecule has 0 aliphatic carbocycles. The third-order valence-corrected chi connectivity index (χ3v) is 4.09. The molecule has 0 N–H and O–H groups in total. The van der Waals surface area contributed by atoms with Crippen molar-refractivity contribution in [2.45, 2.75) is 6.92 Å². The van der Waals surface area contributed by atoms with Crippen molar-refractivity contribution in [3.8, 4) is 5.82 Å². The number of aryl methyl sites for hydroxylation is 1. The van der Waals surface area contributed by atoms with Crippen LogP contribution in [0.1, 0.15) is 5.69 Å². The monoisotopic (exact) mass is 322 g/mol. The van der Waals surface area contributed by atoms with Gasteiger partial charge in [0.2, 0.25) is 0 Å². The van der Waals surface area contributed by atoms with Crippen LogP contribution in [-0.4, -0.2) is 56.1 Å². The van der Waals surface area contributed by atoms with Gasteiger partial charge in [-0.3, -0.25) is 0 Å². The van der Waals surface area contributed by atoms with Crippen LogP contribution in [-0.2, 0) is 0 Å². The molecule has 0 radical (unpaired) electrons. The summed E-state index contributed by atoms with van der Waals surface area (Å²) >= 11 is 0. The first kappa shape index (κ1) is 14.6. The third-order valence-electron chi connectivity index (χ3n) is 4.09. The summed E-state index contributed by atoms with van der Waals surface area (Å²) in [5.41, 5.74) is 0.988. The number of hydrogen-bond acceptors (Lipinski definition) is 7. The van der Waals surface area contributed by atoms with Crippen molar-refractivity contribution in [2.24, 2.45) is 0 Å². The van der Waals surface area contributed by atoms with E-state index >= 15 is 0 Å². The molecule has 0 spiro atoms. The van der Waals surface area contributed by atoms with Gasteiger partial charge < -0.3 is 9.80 Å². The van der Waals surface area contributed by atoms with Crippen molar-refractivity contribution >= 4 is 11.6 Å². The SMILES string of the molecule is Cc1cc(N2CCN(c3ccc(-n4cccn4)nn3)CC2)ncn1. The zero-order chi connectivity index (χ0) is 16.4. The molecule has 4 heterocycles. The van der Waals surface area contributed by atoms with Crippen LogP contribution in [0.15, 0.2) is 43.0 Å². The van der Waals surface area contributed by atoms with Gasteiger partial charge in [0.25, 0.3) is 0 Å². The number of anilines is 2. The summed E-state index contributed by atoms with van der Waals surface area (Å²) in [5, 5.41) is 12.8. The van der Waals surface area contributed by atoms with Crippen molar-refractivity contribution in [1.82, 2.24) is 29.9 Å². The zero-order valence-corrected chi connectivity index (χ0v) is 13.4. The summed E-state index contributed by atoms with van der Waals surface area (Å²) in [6, 6.07) is 7.82. The molecular weight excluding hydrogens is 304 g/mol. The molecule has 24 heavy (non-hydrogen) atoms. The molecular formula is C16H18N8.